The summed E-state index contributed by atoms with van der Waals surface area (Å²) in [6.45, 7) is 1.31. The number of rotatable bonds is 11. The van der Waals surface area contributed by atoms with E-state index in [1.807, 2.05) is 48.3 Å². The van der Waals surface area contributed by atoms with Gasteiger partial charge >= 0.3 is 0 Å². The molecule has 0 fully saturated rings. The number of hydrogen-bond donors (Lipinski definition) is 1. The van der Waals surface area contributed by atoms with E-state index in [1.54, 1.807) is 36.4 Å². The molecule has 1 aliphatic heterocycles. The molecule has 49 heavy (non-hydrogen) atoms. The molecule has 0 radical (unpaired) electrons. The van der Waals surface area contributed by atoms with Crippen molar-refractivity contribution in [1.29, 1.82) is 5.26 Å². The Bertz CT molecular complexity index is 2130. The van der Waals surface area contributed by atoms with E-state index in [-0.39, 0.29) is 40.0 Å². The first kappa shape index (κ1) is 33.3. The first-order valence-corrected chi connectivity index (χ1v) is 16.0. The SMILES string of the molecule is CN1CCN=C1c1cc(Sc2cccc(Cl)c2C(N)=O)ccc1Oc1c(F)cnc(Oc2cc(C#N)ccc2OCc2ccccc2)c1F. The first-order valence-electron chi connectivity index (χ1n) is 14.8. The van der Waals surface area contributed by atoms with E-state index < -0.39 is 29.2 Å². The number of amides is 1. The normalized spacial score (nSPS) is 12.3. The molecule has 0 saturated carbocycles. The number of halogens is 3. The van der Waals surface area contributed by atoms with Gasteiger partial charge in [-0.1, -0.05) is 59.8 Å². The van der Waals surface area contributed by atoms with Crippen LogP contribution in [0.25, 0.3) is 0 Å². The van der Waals surface area contributed by atoms with Gasteiger partial charge in [-0.05, 0) is 48.0 Å². The van der Waals surface area contributed by atoms with Gasteiger partial charge < -0.3 is 24.8 Å². The molecule has 0 aliphatic carbocycles. The fraction of sp³-hybridized carbons (Fsp3) is 0.111. The smallest absolute Gasteiger partial charge is 0.260 e. The third-order valence-corrected chi connectivity index (χ3v) is 8.69. The van der Waals surface area contributed by atoms with Gasteiger partial charge in [0.25, 0.3) is 11.8 Å². The number of primary amides is 1. The van der Waals surface area contributed by atoms with Gasteiger partial charge in [0.2, 0.25) is 11.6 Å². The number of amidine groups is 1. The molecule has 6 rings (SSSR count). The Morgan fingerprint density at radius 3 is 2.55 bits per heavy atom. The van der Waals surface area contributed by atoms with Gasteiger partial charge in [-0.25, -0.2) is 9.37 Å². The summed E-state index contributed by atoms with van der Waals surface area (Å²) in [6, 6.07) is 25.7. The van der Waals surface area contributed by atoms with Crippen molar-refractivity contribution >= 4 is 35.1 Å². The molecule has 0 spiro atoms. The number of pyridine rings is 1. The average molecular weight is 698 g/mol. The molecule has 4 aromatic carbocycles. The van der Waals surface area contributed by atoms with Crippen molar-refractivity contribution in [3.05, 3.63) is 130 Å². The Labute approximate surface area is 289 Å². The van der Waals surface area contributed by atoms with Gasteiger partial charge in [0.15, 0.2) is 17.3 Å². The fourth-order valence-corrected chi connectivity index (χ4v) is 6.29. The summed E-state index contributed by atoms with van der Waals surface area (Å²) in [6.07, 6.45) is 0.778. The predicted octanol–water partition coefficient (Wildman–Crippen LogP) is 7.99. The molecule has 2 N–H and O–H groups in total. The summed E-state index contributed by atoms with van der Waals surface area (Å²) < 4.78 is 48.8. The second kappa shape index (κ2) is 14.6. The molecule has 1 aromatic heterocycles. The lowest BCUT2D eigenvalue weighted by molar-refractivity contribution is 0.0997. The number of hydrogen-bond acceptors (Lipinski definition) is 9. The highest BCUT2D eigenvalue weighted by Gasteiger charge is 2.25. The Morgan fingerprint density at radius 2 is 1.82 bits per heavy atom. The lowest BCUT2D eigenvalue weighted by atomic mass is 10.1. The third-order valence-electron chi connectivity index (χ3n) is 7.33. The Kier molecular flexibility index (Phi) is 9.94. The van der Waals surface area contributed by atoms with Crippen LogP contribution in [0.3, 0.4) is 0 Å². The summed E-state index contributed by atoms with van der Waals surface area (Å²) in [7, 11) is 1.84. The van der Waals surface area contributed by atoms with Crippen LogP contribution in [0.2, 0.25) is 5.02 Å². The largest absolute Gasteiger partial charge is 0.485 e. The maximum absolute atomic E-state index is 16.0. The molecule has 246 valence electrons. The van der Waals surface area contributed by atoms with Crippen LogP contribution in [0.5, 0.6) is 28.9 Å². The Hall–Kier alpha value is -5.64. The number of ether oxygens (including phenoxy) is 3. The van der Waals surface area contributed by atoms with Crippen LogP contribution in [-0.2, 0) is 6.61 Å². The number of nitrogens with two attached hydrogens (primary N) is 1. The minimum Gasteiger partial charge on any atom is -0.485 e. The molecular formula is C36H26ClF2N5O4S. The fourth-order valence-electron chi connectivity index (χ4n) is 4.94. The van der Waals surface area contributed by atoms with E-state index in [2.05, 4.69) is 9.98 Å². The van der Waals surface area contributed by atoms with Crippen molar-refractivity contribution in [1.82, 2.24) is 9.88 Å². The zero-order chi connectivity index (χ0) is 34.5. The molecule has 2 heterocycles. The van der Waals surface area contributed by atoms with Crippen LogP contribution < -0.4 is 19.9 Å². The lowest BCUT2D eigenvalue weighted by Gasteiger charge is -2.19. The van der Waals surface area contributed by atoms with Crippen LogP contribution >= 0.6 is 23.4 Å². The molecule has 0 atom stereocenters. The number of aromatic nitrogens is 1. The van der Waals surface area contributed by atoms with Crippen molar-refractivity contribution in [2.75, 3.05) is 20.1 Å². The van der Waals surface area contributed by atoms with Crippen molar-refractivity contribution in [3.63, 3.8) is 0 Å². The number of aliphatic imine (C=N–C) groups is 1. The van der Waals surface area contributed by atoms with E-state index in [0.29, 0.717) is 34.3 Å². The second-order valence-corrected chi connectivity index (χ2v) is 12.2. The van der Waals surface area contributed by atoms with Gasteiger partial charge in [0, 0.05) is 29.4 Å². The van der Waals surface area contributed by atoms with Gasteiger partial charge in [0.05, 0.1) is 40.5 Å². The minimum atomic E-state index is -1.22. The predicted molar refractivity (Wildman–Crippen MR) is 181 cm³/mol. The van der Waals surface area contributed by atoms with Crippen LogP contribution in [0.15, 0.2) is 106 Å². The number of carbonyl (C=O) groups is 1. The molecular weight excluding hydrogens is 672 g/mol. The van der Waals surface area contributed by atoms with Crippen molar-refractivity contribution in [2.45, 2.75) is 16.4 Å². The number of carbonyl (C=O) groups excluding carboxylic acids is 1. The third kappa shape index (κ3) is 7.43. The molecule has 0 bridgehead atoms. The first-order chi connectivity index (χ1) is 23.7. The van der Waals surface area contributed by atoms with Gasteiger partial charge in [-0.15, -0.1) is 0 Å². The van der Waals surface area contributed by atoms with Crippen LogP contribution in [0, 0.1) is 23.0 Å². The van der Waals surface area contributed by atoms with Crippen LogP contribution in [0.4, 0.5) is 8.78 Å². The highest BCUT2D eigenvalue weighted by Crippen LogP contribution is 2.40. The van der Waals surface area contributed by atoms with Gasteiger partial charge in [-0.3, -0.25) is 9.79 Å². The topological polar surface area (TPSA) is 123 Å². The Morgan fingerprint density at radius 1 is 1.02 bits per heavy atom. The maximum atomic E-state index is 16.0. The monoisotopic (exact) mass is 697 g/mol. The quantitative estimate of drug-likeness (QED) is 0.147. The Balaban J connectivity index is 1.33. The summed E-state index contributed by atoms with van der Waals surface area (Å²) in [4.78, 5) is 23.6. The van der Waals surface area contributed by atoms with E-state index >= 15 is 8.78 Å². The van der Waals surface area contributed by atoms with Crippen LogP contribution in [-0.4, -0.2) is 41.8 Å². The summed E-state index contributed by atoms with van der Waals surface area (Å²) in [5.74, 6) is -3.47. The van der Waals surface area contributed by atoms with E-state index in [9.17, 15) is 10.1 Å². The maximum Gasteiger partial charge on any atom is 0.260 e. The molecule has 13 heteroatoms. The van der Waals surface area contributed by atoms with Gasteiger partial charge in [0.1, 0.15) is 18.2 Å². The number of benzene rings is 4. The highest BCUT2D eigenvalue weighted by molar-refractivity contribution is 7.99. The zero-order valence-electron chi connectivity index (χ0n) is 25.8. The van der Waals surface area contributed by atoms with E-state index in [4.69, 9.17) is 31.5 Å². The lowest BCUT2D eigenvalue weighted by Crippen LogP contribution is -2.24. The van der Waals surface area contributed by atoms with Gasteiger partial charge in [-0.2, -0.15) is 9.65 Å². The molecule has 5 aromatic rings. The van der Waals surface area contributed by atoms with E-state index in [0.717, 1.165) is 11.8 Å². The average Bonchev–Trinajstić information content (AvgIpc) is 3.53. The second-order valence-electron chi connectivity index (χ2n) is 10.7. The molecule has 9 nitrogen and oxygen atoms in total. The van der Waals surface area contributed by atoms with Crippen molar-refractivity contribution in [3.8, 4) is 34.9 Å². The molecule has 0 saturated heterocycles. The van der Waals surface area contributed by atoms with E-state index in [1.165, 1.54) is 30.0 Å². The molecule has 1 amide bonds. The number of likely N-dealkylation sites (N-methyl/N-ethyl adjacent to an activating group) is 1. The molecule has 1 aliphatic rings. The number of nitrogens with zero attached hydrogens (tertiary/aromatic N) is 4. The highest BCUT2D eigenvalue weighted by atomic mass is 35.5. The molecule has 0 unspecified atom stereocenters. The standard InChI is InChI=1S/C36H26ClF2N5O4S/c1-44-15-14-42-35(44)24-17-23(49-30-9-5-8-25(37)31(30)34(41)45)11-13-27(24)47-33-26(38)19-43-36(32(33)39)48-29-16-22(18-40)10-12-28(29)46-20-21-6-3-2-4-7-21/h2-13,16-17,19H,14-15,20H2,1H3,(H2,41,45). The van der Waals surface area contributed by atoms with Crippen molar-refractivity contribution in [2.24, 2.45) is 10.7 Å². The minimum absolute atomic E-state index is 0.000660. The zero-order valence-corrected chi connectivity index (χ0v) is 27.4. The summed E-state index contributed by atoms with van der Waals surface area (Å²) >= 11 is 7.49. The van der Waals surface area contributed by atoms with Crippen LogP contribution in [0.1, 0.15) is 27.0 Å². The number of nitriles is 1. The summed E-state index contributed by atoms with van der Waals surface area (Å²) in [5, 5.41) is 9.68. The summed E-state index contributed by atoms with van der Waals surface area (Å²) in [5.41, 5.74) is 7.31. The van der Waals surface area contributed by atoms with Crippen molar-refractivity contribution < 1.29 is 27.8 Å².